The van der Waals surface area contributed by atoms with Gasteiger partial charge in [-0.2, -0.15) is 5.10 Å². The monoisotopic (exact) mass is 401 g/mol. The Balaban J connectivity index is 1.53. The van der Waals surface area contributed by atoms with Crippen LogP contribution in [0.5, 0.6) is 0 Å². The van der Waals surface area contributed by atoms with Crippen molar-refractivity contribution in [3.05, 3.63) is 93.9 Å². The molecule has 144 valence electrons. The lowest BCUT2D eigenvalue weighted by molar-refractivity contribution is 0.102. The lowest BCUT2D eigenvalue weighted by atomic mass is 10.1. The predicted molar refractivity (Wildman–Crippen MR) is 117 cm³/mol. The Morgan fingerprint density at radius 1 is 0.966 bits per heavy atom. The highest BCUT2D eigenvalue weighted by molar-refractivity contribution is 7.99. The number of rotatable bonds is 4. The van der Waals surface area contributed by atoms with Gasteiger partial charge in [0.1, 0.15) is 0 Å². The summed E-state index contributed by atoms with van der Waals surface area (Å²) in [6.07, 6.45) is 0. The third-order valence-corrected chi connectivity index (χ3v) is 5.77. The fourth-order valence-electron chi connectivity index (χ4n) is 3.13. The molecule has 0 bridgehead atoms. The van der Waals surface area contributed by atoms with Gasteiger partial charge in [0.15, 0.2) is 5.69 Å². The van der Waals surface area contributed by atoms with E-state index in [4.69, 9.17) is 0 Å². The Kier molecular flexibility index (Phi) is 5.18. The van der Waals surface area contributed by atoms with Crippen LogP contribution in [0.15, 0.2) is 81.3 Å². The van der Waals surface area contributed by atoms with Crippen LogP contribution in [0, 0.1) is 13.8 Å². The number of aromatic amines is 1. The third-order valence-electron chi connectivity index (χ3n) is 4.58. The van der Waals surface area contributed by atoms with Crippen molar-refractivity contribution < 1.29 is 4.79 Å². The van der Waals surface area contributed by atoms with E-state index in [2.05, 4.69) is 47.6 Å². The van der Waals surface area contributed by atoms with Gasteiger partial charge in [-0.05, 0) is 55.8 Å². The highest BCUT2D eigenvalue weighted by Gasteiger charge is 2.14. The highest BCUT2D eigenvalue weighted by atomic mass is 32.2. The van der Waals surface area contributed by atoms with Crippen LogP contribution in [0.2, 0.25) is 0 Å². The minimum atomic E-state index is -0.368. The van der Waals surface area contributed by atoms with E-state index in [-0.39, 0.29) is 17.2 Å². The quantitative estimate of drug-likeness (QED) is 0.508. The fraction of sp³-hybridized carbons (Fsp3) is 0.0870. The minimum Gasteiger partial charge on any atom is -0.321 e. The van der Waals surface area contributed by atoms with Crippen molar-refractivity contribution in [3.63, 3.8) is 0 Å². The number of nitrogens with zero attached hydrogens (tertiary/aromatic N) is 1. The number of fused-ring (bicyclic) bond motifs is 1. The minimum absolute atomic E-state index is 0.189. The van der Waals surface area contributed by atoms with Crippen molar-refractivity contribution in [2.75, 3.05) is 5.32 Å². The molecule has 3 aromatic carbocycles. The Labute approximate surface area is 172 Å². The molecule has 1 heterocycles. The number of hydrogen-bond acceptors (Lipinski definition) is 4. The summed E-state index contributed by atoms with van der Waals surface area (Å²) in [6.45, 7) is 4.19. The van der Waals surface area contributed by atoms with E-state index in [1.54, 1.807) is 36.0 Å². The SMILES string of the molecule is Cc1ccc(Sc2ccc(NC(=O)c3n[nH]c(=O)c4ccccc34)cc2)c(C)c1. The topological polar surface area (TPSA) is 74.8 Å². The molecule has 4 aromatic rings. The summed E-state index contributed by atoms with van der Waals surface area (Å²) in [6, 6.07) is 21.0. The maximum Gasteiger partial charge on any atom is 0.276 e. The molecule has 0 atom stereocenters. The van der Waals surface area contributed by atoms with Gasteiger partial charge in [0.2, 0.25) is 0 Å². The largest absolute Gasteiger partial charge is 0.321 e. The molecule has 0 aliphatic rings. The van der Waals surface area contributed by atoms with E-state index >= 15 is 0 Å². The first kappa shape index (κ1) is 19.0. The van der Waals surface area contributed by atoms with Crippen molar-refractivity contribution >= 4 is 34.1 Å². The van der Waals surface area contributed by atoms with Crippen LogP contribution in [0.3, 0.4) is 0 Å². The van der Waals surface area contributed by atoms with Gasteiger partial charge in [0, 0.05) is 20.9 Å². The summed E-state index contributed by atoms with van der Waals surface area (Å²) in [7, 11) is 0. The molecule has 6 heteroatoms. The van der Waals surface area contributed by atoms with Crippen molar-refractivity contribution in [2.45, 2.75) is 23.6 Å². The van der Waals surface area contributed by atoms with Crippen LogP contribution in [-0.4, -0.2) is 16.1 Å². The molecule has 5 nitrogen and oxygen atoms in total. The molecule has 0 spiro atoms. The number of anilines is 1. The van der Waals surface area contributed by atoms with Crippen LogP contribution in [0.4, 0.5) is 5.69 Å². The van der Waals surface area contributed by atoms with Gasteiger partial charge < -0.3 is 5.32 Å². The number of hydrogen-bond donors (Lipinski definition) is 2. The first-order valence-electron chi connectivity index (χ1n) is 9.15. The second-order valence-electron chi connectivity index (χ2n) is 6.80. The summed E-state index contributed by atoms with van der Waals surface area (Å²) < 4.78 is 0. The van der Waals surface area contributed by atoms with Gasteiger partial charge >= 0.3 is 0 Å². The zero-order chi connectivity index (χ0) is 20.4. The lowest BCUT2D eigenvalue weighted by Crippen LogP contribution is -2.19. The van der Waals surface area contributed by atoms with E-state index in [0.29, 0.717) is 16.5 Å². The Hall–Kier alpha value is -3.38. The molecule has 0 fully saturated rings. The highest BCUT2D eigenvalue weighted by Crippen LogP contribution is 2.31. The van der Waals surface area contributed by atoms with E-state index in [1.165, 1.54) is 16.0 Å². The smallest absolute Gasteiger partial charge is 0.276 e. The number of carbonyl (C=O) groups is 1. The summed E-state index contributed by atoms with van der Waals surface area (Å²) >= 11 is 1.69. The predicted octanol–water partition coefficient (Wildman–Crippen LogP) is 4.94. The number of aromatic nitrogens is 2. The summed E-state index contributed by atoms with van der Waals surface area (Å²) in [5, 5.41) is 10.1. The molecule has 0 saturated heterocycles. The standard InChI is InChI=1S/C23H19N3O2S/c1-14-7-12-20(15(2)13-14)29-17-10-8-16(9-11-17)24-23(28)21-18-5-3-4-6-19(18)22(27)26-25-21/h3-13H,1-2H3,(H,24,28)(H,26,27). The Morgan fingerprint density at radius 3 is 2.41 bits per heavy atom. The molecule has 1 aromatic heterocycles. The first-order valence-corrected chi connectivity index (χ1v) is 9.97. The molecule has 1 amide bonds. The molecule has 29 heavy (non-hydrogen) atoms. The van der Waals surface area contributed by atoms with Gasteiger partial charge in [-0.25, -0.2) is 5.10 Å². The molecule has 2 N–H and O–H groups in total. The van der Waals surface area contributed by atoms with Crippen LogP contribution in [0.1, 0.15) is 21.6 Å². The molecule has 0 aliphatic heterocycles. The van der Waals surface area contributed by atoms with E-state index in [1.807, 2.05) is 24.3 Å². The number of nitrogens with one attached hydrogen (secondary N) is 2. The summed E-state index contributed by atoms with van der Waals surface area (Å²) in [4.78, 5) is 26.9. The fourth-order valence-corrected chi connectivity index (χ4v) is 4.01. The van der Waals surface area contributed by atoms with Crippen molar-refractivity contribution in [3.8, 4) is 0 Å². The zero-order valence-electron chi connectivity index (χ0n) is 16.0. The van der Waals surface area contributed by atoms with Gasteiger partial charge in [-0.15, -0.1) is 0 Å². The molecule has 0 unspecified atom stereocenters. The second kappa shape index (κ2) is 7.93. The van der Waals surface area contributed by atoms with Gasteiger partial charge in [0.05, 0.1) is 5.39 Å². The number of H-pyrrole nitrogens is 1. The lowest BCUT2D eigenvalue weighted by Gasteiger charge is -2.09. The number of aryl methyl sites for hydroxylation is 2. The van der Waals surface area contributed by atoms with Crippen molar-refractivity contribution in [1.29, 1.82) is 0 Å². The molecule has 0 saturated carbocycles. The number of benzene rings is 3. The molecular formula is C23H19N3O2S. The first-order chi connectivity index (χ1) is 14.0. The van der Waals surface area contributed by atoms with Crippen LogP contribution >= 0.6 is 11.8 Å². The maximum absolute atomic E-state index is 12.7. The molecule has 0 radical (unpaired) electrons. The maximum atomic E-state index is 12.7. The summed E-state index contributed by atoms with van der Waals surface area (Å²) in [5.74, 6) is -0.368. The zero-order valence-corrected chi connectivity index (χ0v) is 16.8. The van der Waals surface area contributed by atoms with Crippen LogP contribution < -0.4 is 10.9 Å². The van der Waals surface area contributed by atoms with Crippen molar-refractivity contribution in [2.24, 2.45) is 0 Å². The molecule has 4 rings (SSSR count). The third kappa shape index (κ3) is 4.07. The summed E-state index contributed by atoms with van der Waals surface area (Å²) in [5.41, 5.74) is 3.02. The van der Waals surface area contributed by atoms with Crippen molar-refractivity contribution in [1.82, 2.24) is 10.2 Å². The van der Waals surface area contributed by atoms with Gasteiger partial charge in [-0.1, -0.05) is 47.7 Å². The molecule has 0 aliphatic carbocycles. The number of amides is 1. The molecular weight excluding hydrogens is 382 g/mol. The van der Waals surface area contributed by atoms with E-state index < -0.39 is 0 Å². The normalized spacial score (nSPS) is 10.8. The van der Waals surface area contributed by atoms with Gasteiger partial charge in [-0.3, -0.25) is 9.59 Å². The van der Waals surface area contributed by atoms with E-state index in [9.17, 15) is 9.59 Å². The number of carbonyl (C=O) groups excluding carboxylic acids is 1. The van der Waals surface area contributed by atoms with Gasteiger partial charge in [0.25, 0.3) is 11.5 Å². The Bertz CT molecular complexity index is 1260. The second-order valence-corrected chi connectivity index (χ2v) is 7.91. The van der Waals surface area contributed by atoms with Crippen LogP contribution in [-0.2, 0) is 0 Å². The average Bonchev–Trinajstić information content (AvgIpc) is 2.72. The Morgan fingerprint density at radius 2 is 1.69 bits per heavy atom. The van der Waals surface area contributed by atoms with Crippen LogP contribution in [0.25, 0.3) is 10.8 Å². The average molecular weight is 401 g/mol. The van der Waals surface area contributed by atoms with E-state index in [0.717, 1.165) is 4.90 Å².